The number of anilines is 1. The molecule has 0 radical (unpaired) electrons. The van der Waals surface area contributed by atoms with Gasteiger partial charge in [0.15, 0.2) is 5.01 Å². The van der Waals surface area contributed by atoms with Gasteiger partial charge in [0, 0.05) is 25.1 Å². The number of rotatable bonds is 2. The van der Waals surface area contributed by atoms with Crippen LogP contribution in [-0.2, 0) is 9.59 Å². The molecule has 0 atom stereocenters. The molecule has 1 aromatic heterocycles. The van der Waals surface area contributed by atoms with Gasteiger partial charge < -0.3 is 4.90 Å². The fraction of sp³-hybridized carbons (Fsp3) is 0.250. The third-order valence-corrected chi connectivity index (χ3v) is 7.16. The number of benzene rings is 2. The summed E-state index contributed by atoms with van der Waals surface area (Å²) in [6.07, 6.45) is 6.59. The van der Waals surface area contributed by atoms with Crippen LogP contribution in [-0.4, -0.2) is 40.7 Å². The minimum absolute atomic E-state index is 0.144. The molecule has 2 saturated heterocycles. The summed E-state index contributed by atoms with van der Waals surface area (Å²) >= 11 is 1.32. The molecule has 0 bridgehead atoms. The number of likely N-dealkylation sites (tertiary alicyclic amines) is 1. The van der Waals surface area contributed by atoms with Crippen molar-refractivity contribution in [2.24, 2.45) is 5.41 Å². The van der Waals surface area contributed by atoms with E-state index in [0.717, 1.165) is 15.8 Å². The van der Waals surface area contributed by atoms with Crippen LogP contribution < -0.4 is 4.90 Å². The molecule has 7 heteroatoms. The second kappa shape index (κ2) is 7.33. The van der Waals surface area contributed by atoms with Gasteiger partial charge in [0.1, 0.15) is 0 Å². The van der Waals surface area contributed by atoms with Gasteiger partial charge in [0.05, 0.1) is 21.3 Å². The number of amides is 3. The smallest absolute Gasteiger partial charge is 0.282 e. The Labute approximate surface area is 183 Å². The first kappa shape index (κ1) is 19.5. The molecule has 31 heavy (non-hydrogen) atoms. The number of carbonyl (C=O) groups excluding carboxylic acids is 3. The van der Waals surface area contributed by atoms with Crippen molar-refractivity contribution in [1.29, 1.82) is 0 Å². The molecule has 0 N–H and O–H groups in total. The van der Waals surface area contributed by atoms with E-state index >= 15 is 0 Å². The van der Waals surface area contributed by atoms with E-state index in [4.69, 9.17) is 6.42 Å². The van der Waals surface area contributed by atoms with E-state index in [1.807, 2.05) is 36.4 Å². The highest BCUT2D eigenvalue weighted by molar-refractivity contribution is 7.20. The summed E-state index contributed by atoms with van der Waals surface area (Å²) in [4.78, 5) is 46.4. The summed E-state index contributed by atoms with van der Waals surface area (Å²) < 4.78 is 0.877. The van der Waals surface area contributed by atoms with Crippen molar-refractivity contribution in [2.45, 2.75) is 19.3 Å². The number of aromatic nitrogens is 1. The highest BCUT2D eigenvalue weighted by Gasteiger charge is 2.53. The third-order valence-electron chi connectivity index (χ3n) is 6.16. The summed E-state index contributed by atoms with van der Waals surface area (Å²) in [5.74, 6) is 2.12. The van der Waals surface area contributed by atoms with Crippen molar-refractivity contribution >= 4 is 45.0 Å². The topological polar surface area (TPSA) is 70.6 Å². The number of piperidine rings is 1. The van der Waals surface area contributed by atoms with Crippen LogP contribution >= 0.6 is 11.3 Å². The molecule has 0 saturated carbocycles. The molecule has 1 spiro atoms. The lowest BCUT2D eigenvalue weighted by atomic mass is 9.77. The number of thiazole rings is 1. The van der Waals surface area contributed by atoms with Crippen LogP contribution in [0.25, 0.3) is 10.2 Å². The van der Waals surface area contributed by atoms with Gasteiger partial charge in [-0.25, -0.2) is 4.98 Å². The quantitative estimate of drug-likeness (QED) is 0.462. The molecule has 3 aromatic rings. The SMILES string of the molecule is C#Cc1ccc2nc(C(=O)N3CCC4(CC3)CC(=O)N(c3ccccc3)C4=O)sc2c1. The van der Waals surface area contributed by atoms with Crippen LogP contribution in [0.15, 0.2) is 48.5 Å². The Hall–Kier alpha value is -3.50. The van der Waals surface area contributed by atoms with E-state index in [0.29, 0.717) is 36.6 Å². The maximum atomic E-state index is 13.2. The van der Waals surface area contributed by atoms with Crippen LogP contribution in [0.3, 0.4) is 0 Å². The Bertz CT molecular complexity index is 1250. The second-order valence-electron chi connectivity index (χ2n) is 7.97. The van der Waals surface area contributed by atoms with Gasteiger partial charge in [-0.3, -0.25) is 19.3 Å². The van der Waals surface area contributed by atoms with Gasteiger partial charge in [-0.05, 0) is 43.2 Å². The zero-order valence-corrected chi connectivity index (χ0v) is 17.5. The van der Waals surface area contributed by atoms with Crippen LogP contribution in [0.4, 0.5) is 5.69 Å². The van der Waals surface area contributed by atoms with Crippen molar-refractivity contribution < 1.29 is 14.4 Å². The molecule has 2 aromatic carbocycles. The number of nitrogens with zero attached hydrogens (tertiary/aromatic N) is 3. The predicted molar refractivity (Wildman–Crippen MR) is 119 cm³/mol. The highest BCUT2D eigenvalue weighted by atomic mass is 32.1. The molecule has 2 aliphatic rings. The summed E-state index contributed by atoms with van der Waals surface area (Å²) in [7, 11) is 0. The summed E-state index contributed by atoms with van der Waals surface area (Å²) in [6.45, 7) is 0.845. The zero-order valence-electron chi connectivity index (χ0n) is 16.7. The van der Waals surface area contributed by atoms with Gasteiger partial charge in [-0.15, -0.1) is 17.8 Å². The predicted octanol–water partition coefficient (Wildman–Crippen LogP) is 3.46. The van der Waals surface area contributed by atoms with E-state index < -0.39 is 5.41 Å². The minimum atomic E-state index is -0.723. The standard InChI is InChI=1S/C24H19N3O3S/c1-2-16-8-9-18-19(14-16)31-21(25-18)22(29)26-12-10-24(11-13-26)15-20(28)27(23(24)30)17-6-4-3-5-7-17/h1,3-9,14H,10-13,15H2. The molecule has 5 rings (SSSR count). The Morgan fingerprint density at radius 1 is 1.10 bits per heavy atom. The lowest BCUT2D eigenvalue weighted by Gasteiger charge is -2.37. The summed E-state index contributed by atoms with van der Waals surface area (Å²) in [5, 5.41) is 0.417. The number of terminal acetylenes is 1. The van der Waals surface area contributed by atoms with E-state index in [-0.39, 0.29) is 24.1 Å². The number of hydrogen-bond donors (Lipinski definition) is 0. The summed E-state index contributed by atoms with van der Waals surface area (Å²) in [6, 6.07) is 14.5. The molecule has 3 amide bonds. The lowest BCUT2D eigenvalue weighted by molar-refractivity contribution is -0.127. The first-order valence-electron chi connectivity index (χ1n) is 10.1. The number of hydrogen-bond acceptors (Lipinski definition) is 5. The monoisotopic (exact) mass is 429 g/mol. The third kappa shape index (κ3) is 3.20. The zero-order chi connectivity index (χ0) is 21.6. The van der Waals surface area contributed by atoms with Gasteiger partial charge in [-0.1, -0.05) is 24.1 Å². The van der Waals surface area contributed by atoms with Gasteiger partial charge in [0.2, 0.25) is 11.8 Å². The number of carbonyl (C=O) groups is 3. The molecule has 0 unspecified atom stereocenters. The largest absolute Gasteiger partial charge is 0.337 e. The van der Waals surface area contributed by atoms with Crippen LogP contribution in [0, 0.1) is 17.8 Å². The van der Waals surface area contributed by atoms with Gasteiger partial charge in [-0.2, -0.15) is 0 Å². The molecular formula is C24H19N3O3S. The first-order valence-corrected chi connectivity index (χ1v) is 10.9. The molecule has 2 aliphatic heterocycles. The Kier molecular flexibility index (Phi) is 4.60. The van der Waals surface area contributed by atoms with Crippen molar-refractivity contribution in [3.63, 3.8) is 0 Å². The van der Waals surface area contributed by atoms with E-state index in [2.05, 4.69) is 10.9 Å². The Morgan fingerprint density at radius 2 is 1.84 bits per heavy atom. The fourth-order valence-electron chi connectivity index (χ4n) is 4.40. The van der Waals surface area contributed by atoms with Crippen LogP contribution in [0.1, 0.15) is 34.6 Å². The second-order valence-corrected chi connectivity index (χ2v) is 9.00. The van der Waals surface area contributed by atoms with Crippen molar-refractivity contribution in [3.05, 3.63) is 59.1 Å². The Morgan fingerprint density at radius 3 is 2.55 bits per heavy atom. The number of para-hydroxylation sites is 1. The van der Waals surface area contributed by atoms with Crippen LogP contribution in [0.2, 0.25) is 0 Å². The minimum Gasteiger partial charge on any atom is -0.337 e. The average molecular weight is 430 g/mol. The maximum Gasteiger partial charge on any atom is 0.282 e. The number of imide groups is 1. The summed E-state index contributed by atoms with van der Waals surface area (Å²) in [5.41, 5.74) is 1.38. The highest BCUT2D eigenvalue weighted by Crippen LogP contribution is 2.44. The van der Waals surface area contributed by atoms with Crippen molar-refractivity contribution in [2.75, 3.05) is 18.0 Å². The normalized spacial score (nSPS) is 18.0. The molecule has 0 aliphatic carbocycles. The fourth-order valence-corrected chi connectivity index (χ4v) is 5.38. The van der Waals surface area contributed by atoms with Crippen molar-refractivity contribution in [3.8, 4) is 12.3 Å². The average Bonchev–Trinajstić information content (AvgIpc) is 3.32. The molecule has 6 nitrogen and oxygen atoms in total. The van der Waals surface area contributed by atoms with Crippen molar-refractivity contribution in [1.82, 2.24) is 9.88 Å². The lowest BCUT2D eigenvalue weighted by Crippen LogP contribution is -2.46. The maximum absolute atomic E-state index is 13.2. The molecule has 2 fully saturated rings. The molecular weight excluding hydrogens is 410 g/mol. The van der Waals surface area contributed by atoms with E-state index in [1.165, 1.54) is 16.2 Å². The number of fused-ring (bicyclic) bond motifs is 1. The van der Waals surface area contributed by atoms with Crippen LogP contribution in [0.5, 0.6) is 0 Å². The molecule has 3 heterocycles. The van der Waals surface area contributed by atoms with Gasteiger partial charge in [0.25, 0.3) is 5.91 Å². The molecule has 154 valence electrons. The van der Waals surface area contributed by atoms with Gasteiger partial charge >= 0.3 is 0 Å². The first-order chi connectivity index (χ1) is 15.0. The Balaban J connectivity index is 1.32. The van der Waals surface area contributed by atoms with E-state index in [1.54, 1.807) is 17.0 Å². The van der Waals surface area contributed by atoms with E-state index in [9.17, 15) is 14.4 Å².